The zero-order valence-corrected chi connectivity index (χ0v) is 23.2. The summed E-state index contributed by atoms with van der Waals surface area (Å²) < 4.78 is 0. The Labute approximate surface area is 230 Å². The van der Waals surface area contributed by atoms with Crippen LogP contribution >= 0.6 is 23.1 Å². The molecule has 38 heavy (non-hydrogen) atoms. The molecule has 1 aliphatic rings. The highest BCUT2D eigenvalue weighted by Gasteiger charge is 2.25. The molecule has 1 fully saturated rings. The lowest BCUT2D eigenvalue weighted by molar-refractivity contribution is 0.0924. The molecule has 0 atom stereocenters. The molecule has 4 aromatic rings. The smallest absolute Gasteiger partial charge is 0.321 e. The molecule has 0 aliphatic carbocycles. The van der Waals surface area contributed by atoms with Crippen molar-refractivity contribution in [3.05, 3.63) is 59.5 Å². The summed E-state index contributed by atoms with van der Waals surface area (Å²) in [7, 11) is 0. The molecule has 0 spiro atoms. The van der Waals surface area contributed by atoms with E-state index in [4.69, 9.17) is 15.7 Å². The van der Waals surface area contributed by atoms with E-state index in [1.165, 1.54) is 11.3 Å². The topological polar surface area (TPSA) is 113 Å². The van der Waals surface area contributed by atoms with Crippen molar-refractivity contribution >= 4 is 56.6 Å². The summed E-state index contributed by atoms with van der Waals surface area (Å²) in [6.07, 6.45) is 0. The van der Waals surface area contributed by atoms with Crippen LogP contribution in [0.25, 0.3) is 32.9 Å². The molecule has 0 unspecified atom stereocenters. The molecule has 3 amide bonds. The quantitative estimate of drug-likeness (QED) is 0.302. The number of nitrogens with zero attached hydrogens (tertiary/aromatic N) is 3. The van der Waals surface area contributed by atoms with E-state index in [-0.39, 0.29) is 11.9 Å². The highest BCUT2D eigenvalue weighted by Crippen LogP contribution is 2.40. The zero-order chi connectivity index (χ0) is 26.9. The number of carbonyl (C=O) groups excluding carboxylic acids is 2. The number of nitrogens with two attached hydrogens (primary N) is 1. The van der Waals surface area contributed by atoms with Gasteiger partial charge in [-0.15, -0.1) is 11.3 Å². The van der Waals surface area contributed by atoms with Gasteiger partial charge in [-0.1, -0.05) is 42.5 Å². The van der Waals surface area contributed by atoms with E-state index in [9.17, 15) is 9.59 Å². The van der Waals surface area contributed by atoms with Gasteiger partial charge in [0.25, 0.3) is 5.91 Å². The molecular weight excluding hydrogens is 516 g/mol. The van der Waals surface area contributed by atoms with Gasteiger partial charge in [0.15, 0.2) is 5.82 Å². The molecule has 4 N–H and O–H groups in total. The van der Waals surface area contributed by atoms with Gasteiger partial charge in [-0.05, 0) is 32.9 Å². The van der Waals surface area contributed by atoms with Gasteiger partial charge in [-0.2, -0.15) is 11.8 Å². The third-order valence-corrected chi connectivity index (χ3v) is 8.04. The maximum atomic E-state index is 13.1. The Balaban J connectivity index is 1.60. The Bertz CT molecular complexity index is 1490. The fourth-order valence-electron chi connectivity index (χ4n) is 4.23. The van der Waals surface area contributed by atoms with Crippen molar-refractivity contribution in [2.24, 2.45) is 0 Å². The molecule has 8 nitrogen and oxygen atoms in total. The van der Waals surface area contributed by atoms with Gasteiger partial charge in [0.2, 0.25) is 0 Å². The average molecular weight is 547 g/mol. The zero-order valence-electron chi connectivity index (χ0n) is 21.6. The second-order valence-electron chi connectivity index (χ2n) is 10.1. The summed E-state index contributed by atoms with van der Waals surface area (Å²) in [6.45, 7) is 7.24. The van der Waals surface area contributed by atoms with Gasteiger partial charge >= 0.3 is 6.03 Å². The Kier molecular flexibility index (Phi) is 7.27. The highest BCUT2D eigenvalue weighted by atomic mass is 32.2. The molecule has 0 bridgehead atoms. The first-order valence-corrected chi connectivity index (χ1v) is 14.4. The number of benzene rings is 2. The van der Waals surface area contributed by atoms with Crippen molar-refractivity contribution in [3.8, 4) is 22.6 Å². The second kappa shape index (κ2) is 10.6. The number of hydrogen-bond acceptors (Lipinski definition) is 7. The van der Waals surface area contributed by atoms with Crippen molar-refractivity contribution in [2.75, 3.05) is 35.6 Å². The van der Waals surface area contributed by atoms with E-state index >= 15 is 0 Å². The number of hydrogen-bond donors (Lipinski definition) is 3. The van der Waals surface area contributed by atoms with Gasteiger partial charge < -0.3 is 21.3 Å². The van der Waals surface area contributed by atoms with Gasteiger partial charge in [-0.25, -0.2) is 14.8 Å². The number of thioether (sulfide) groups is 1. The Morgan fingerprint density at radius 2 is 1.68 bits per heavy atom. The lowest BCUT2D eigenvalue weighted by Crippen LogP contribution is -2.40. The summed E-state index contributed by atoms with van der Waals surface area (Å²) in [6, 6.07) is 17.1. The van der Waals surface area contributed by atoms with E-state index in [1.807, 2.05) is 92.0 Å². The normalized spacial score (nSPS) is 13.9. The van der Waals surface area contributed by atoms with E-state index in [0.29, 0.717) is 38.0 Å². The van der Waals surface area contributed by atoms with Crippen molar-refractivity contribution in [2.45, 2.75) is 26.3 Å². The van der Waals surface area contributed by atoms with E-state index < -0.39 is 5.54 Å². The van der Waals surface area contributed by atoms with E-state index in [2.05, 4.69) is 10.6 Å². The number of fused-ring (bicyclic) bond motifs is 1. The number of nitrogens with one attached hydrogen (secondary N) is 2. The van der Waals surface area contributed by atoms with Gasteiger partial charge in [0, 0.05) is 46.9 Å². The van der Waals surface area contributed by atoms with Crippen molar-refractivity contribution < 1.29 is 9.59 Å². The fourth-order valence-corrected chi connectivity index (χ4v) is 6.12. The van der Waals surface area contributed by atoms with Crippen molar-refractivity contribution in [3.63, 3.8) is 0 Å². The van der Waals surface area contributed by atoms with E-state index in [1.54, 1.807) is 0 Å². The molecule has 1 aliphatic heterocycles. The predicted molar refractivity (Wildman–Crippen MR) is 158 cm³/mol. The molecule has 196 valence electrons. The summed E-state index contributed by atoms with van der Waals surface area (Å²) in [4.78, 5) is 38.5. The number of amides is 3. The van der Waals surface area contributed by atoms with Crippen LogP contribution in [0, 0.1) is 0 Å². The average Bonchev–Trinajstić information content (AvgIpc) is 3.25. The molecule has 0 saturated carbocycles. The fraction of sp³-hybridized carbons (Fsp3) is 0.286. The van der Waals surface area contributed by atoms with Crippen LogP contribution in [-0.4, -0.2) is 56.9 Å². The summed E-state index contributed by atoms with van der Waals surface area (Å²) in [5.41, 5.74) is 9.44. The molecule has 2 aromatic carbocycles. The monoisotopic (exact) mass is 546 g/mol. The Morgan fingerprint density at radius 3 is 2.39 bits per heavy atom. The lowest BCUT2D eigenvalue weighted by Gasteiger charge is -2.26. The first-order valence-electron chi connectivity index (χ1n) is 12.4. The first kappa shape index (κ1) is 26.0. The number of thiophene rings is 1. The number of rotatable bonds is 4. The largest absolute Gasteiger partial charge is 0.397 e. The van der Waals surface area contributed by atoms with Gasteiger partial charge in [0.1, 0.15) is 9.71 Å². The molecular formula is C28H30N6O2S2. The van der Waals surface area contributed by atoms with Crippen molar-refractivity contribution in [1.29, 1.82) is 0 Å². The van der Waals surface area contributed by atoms with Crippen LogP contribution in [0.1, 0.15) is 30.4 Å². The minimum absolute atomic E-state index is 0.114. The molecule has 0 radical (unpaired) electrons. The minimum atomic E-state index is -0.414. The highest BCUT2D eigenvalue weighted by molar-refractivity contribution is 7.99. The number of carbonyl (C=O) groups is 2. The number of nitrogen functional groups attached to an aromatic ring is 1. The minimum Gasteiger partial charge on any atom is -0.397 e. The van der Waals surface area contributed by atoms with Crippen molar-refractivity contribution in [1.82, 2.24) is 20.2 Å². The van der Waals surface area contributed by atoms with Crippen LogP contribution in [-0.2, 0) is 0 Å². The summed E-state index contributed by atoms with van der Waals surface area (Å²) in [5, 5.41) is 6.65. The maximum absolute atomic E-state index is 13.1. The second-order valence-corrected chi connectivity index (χ2v) is 12.3. The molecule has 1 saturated heterocycles. The first-order chi connectivity index (χ1) is 18.2. The standard InChI is InChI=1S/C28H30N6O2S2/c1-28(2,3)33-25(35)23-21(29)20-22(31-24(32-26(20)38-23)17-8-5-4-6-9-17)18-10-7-11-19(16-18)30-27(36)34-12-14-37-15-13-34/h4-11,16H,12-15,29H2,1-3H3,(H,30,36)(H,33,35). The lowest BCUT2D eigenvalue weighted by atomic mass is 10.1. The third kappa shape index (κ3) is 5.61. The maximum Gasteiger partial charge on any atom is 0.321 e. The third-order valence-electron chi connectivity index (χ3n) is 6.00. The van der Waals surface area contributed by atoms with Crippen LogP contribution in [0.2, 0.25) is 0 Å². The predicted octanol–water partition coefficient (Wildman–Crippen LogP) is 5.72. The van der Waals surface area contributed by atoms with Gasteiger partial charge in [0.05, 0.1) is 16.8 Å². The molecule has 5 rings (SSSR count). The van der Waals surface area contributed by atoms with Crippen LogP contribution in [0.15, 0.2) is 54.6 Å². The number of urea groups is 1. The summed E-state index contributed by atoms with van der Waals surface area (Å²) >= 11 is 3.11. The van der Waals surface area contributed by atoms with Crippen LogP contribution in [0.3, 0.4) is 0 Å². The molecule has 3 heterocycles. The van der Waals surface area contributed by atoms with Crippen LogP contribution in [0.5, 0.6) is 0 Å². The summed E-state index contributed by atoms with van der Waals surface area (Å²) in [5.74, 6) is 2.18. The van der Waals surface area contributed by atoms with Crippen LogP contribution < -0.4 is 16.4 Å². The molecule has 10 heteroatoms. The van der Waals surface area contributed by atoms with Gasteiger partial charge in [-0.3, -0.25) is 4.79 Å². The molecule has 2 aromatic heterocycles. The Morgan fingerprint density at radius 1 is 0.974 bits per heavy atom. The Hall–Kier alpha value is -3.63. The number of anilines is 2. The SMILES string of the molecule is CC(C)(C)NC(=O)c1sc2nc(-c3ccccc3)nc(-c3cccc(NC(=O)N4CCSCC4)c3)c2c1N. The number of aromatic nitrogens is 2. The van der Waals surface area contributed by atoms with E-state index in [0.717, 1.165) is 35.7 Å². The van der Waals surface area contributed by atoms with Crippen LogP contribution in [0.4, 0.5) is 16.2 Å².